The summed E-state index contributed by atoms with van der Waals surface area (Å²) in [7, 11) is 3.35. The van der Waals surface area contributed by atoms with Gasteiger partial charge in [-0.05, 0) is 36.8 Å². The molecule has 2 aromatic heterocycles. The van der Waals surface area contributed by atoms with Crippen molar-refractivity contribution in [1.82, 2.24) is 24.6 Å². The summed E-state index contributed by atoms with van der Waals surface area (Å²) in [4.78, 5) is 34.4. The van der Waals surface area contributed by atoms with Gasteiger partial charge in [0.05, 0.1) is 11.8 Å². The summed E-state index contributed by atoms with van der Waals surface area (Å²) in [6.45, 7) is 2.16. The van der Waals surface area contributed by atoms with Gasteiger partial charge in [-0.15, -0.1) is 0 Å². The summed E-state index contributed by atoms with van der Waals surface area (Å²) in [6, 6.07) is 8.09. The van der Waals surface area contributed by atoms with Crippen LogP contribution < -0.4 is 11.5 Å². The molecule has 0 saturated heterocycles. The molecular weight excluding hydrogens is 430 g/mol. The molecule has 1 aromatic carbocycles. The first-order valence-corrected chi connectivity index (χ1v) is 11.1. The minimum Gasteiger partial charge on any atom is -0.401 e. The lowest BCUT2D eigenvalue weighted by atomic mass is 9.74. The second-order valence-electron chi connectivity index (χ2n) is 9.06. The molecule has 34 heavy (non-hydrogen) atoms. The topological polar surface area (TPSA) is 133 Å². The van der Waals surface area contributed by atoms with Crippen LogP contribution in [0.15, 0.2) is 60.8 Å². The highest BCUT2D eigenvalue weighted by molar-refractivity contribution is 6.04. The Morgan fingerprint density at radius 1 is 1.12 bits per heavy atom. The van der Waals surface area contributed by atoms with Gasteiger partial charge in [0, 0.05) is 55.4 Å². The lowest BCUT2D eigenvalue weighted by molar-refractivity contribution is -0.129. The van der Waals surface area contributed by atoms with E-state index in [4.69, 9.17) is 11.5 Å². The number of carbonyl (C=O) groups excluding carboxylic acids is 2. The zero-order valence-electron chi connectivity index (χ0n) is 19.6. The fourth-order valence-electron chi connectivity index (χ4n) is 4.03. The molecule has 176 valence electrons. The number of nitrogens with two attached hydrogens (primary N) is 2. The van der Waals surface area contributed by atoms with Crippen LogP contribution in [-0.4, -0.2) is 50.4 Å². The van der Waals surface area contributed by atoms with Crippen LogP contribution in [0.25, 0.3) is 11.1 Å². The average molecular weight is 460 g/mol. The van der Waals surface area contributed by atoms with Crippen molar-refractivity contribution in [2.75, 3.05) is 19.8 Å². The van der Waals surface area contributed by atoms with Crippen LogP contribution in [0.4, 0.5) is 5.95 Å². The number of rotatable bonds is 8. The van der Waals surface area contributed by atoms with E-state index >= 15 is 0 Å². The van der Waals surface area contributed by atoms with Crippen molar-refractivity contribution in [3.8, 4) is 11.1 Å². The third-order valence-corrected chi connectivity index (χ3v) is 6.48. The summed E-state index contributed by atoms with van der Waals surface area (Å²) >= 11 is 0. The fourth-order valence-corrected chi connectivity index (χ4v) is 4.03. The first-order valence-electron chi connectivity index (χ1n) is 11.1. The second-order valence-corrected chi connectivity index (χ2v) is 9.06. The predicted molar refractivity (Wildman–Crippen MR) is 129 cm³/mol. The van der Waals surface area contributed by atoms with Crippen LogP contribution in [-0.2, 0) is 16.8 Å². The fraction of sp³-hybridized carbons (Fsp3) is 0.320. The van der Waals surface area contributed by atoms with Crippen LogP contribution >= 0.6 is 0 Å². The Labute approximate surface area is 198 Å². The first-order chi connectivity index (χ1) is 16.2. The van der Waals surface area contributed by atoms with Crippen LogP contribution in [0.5, 0.6) is 0 Å². The summed E-state index contributed by atoms with van der Waals surface area (Å²) in [5.41, 5.74) is 15.5. The van der Waals surface area contributed by atoms with Gasteiger partial charge >= 0.3 is 0 Å². The van der Waals surface area contributed by atoms with Crippen molar-refractivity contribution in [1.29, 1.82) is 0 Å². The third kappa shape index (κ3) is 4.68. The summed E-state index contributed by atoms with van der Waals surface area (Å²) in [5.74, 6) is 0.262. The van der Waals surface area contributed by atoms with E-state index in [2.05, 4.69) is 22.0 Å². The Morgan fingerprint density at radius 3 is 2.35 bits per heavy atom. The minimum atomic E-state index is -0.470. The largest absolute Gasteiger partial charge is 0.401 e. The smallest absolute Gasteiger partial charge is 0.243 e. The number of anilines is 1. The minimum absolute atomic E-state index is 0.0741. The van der Waals surface area contributed by atoms with E-state index < -0.39 is 5.41 Å². The van der Waals surface area contributed by atoms with Gasteiger partial charge in [0.1, 0.15) is 6.54 Å². The van der Waals surface area contributed by atoms with Crippen molar-refractivity contribution in [3.05, 3.63) is 72.0 Å². The number of allylic oxidation sites excluding steroid dienone is 2. The highest BCUT2D eigenvalue weighted by Gasteiger charge is 2.45. The van der Waals surface area contributed by atoms with Crippen LogP contribution in [0.2, 0.25) is 0 Å². The average Bonchev–Trinajstić information content (AvgIpc) is 3.58. The molecule has 0 radical (unpaired) electrons. The van der Waals surface area contributed by atoms with Crippen LogP contribution in [0.3, 0.4) is 0 Å². The van der Waals surface area contributed by atoms with E-state index in [-0.39, 0.29) is 24.2 Å². The lowest BCUT2D eigenvalue weighted by Crippen LogP contribution is -2.32. The highest BCUT2D eigenvalue weighted by atomic mass is 16.2. The summed E-state index contributed by atoms with van der Waals surface area (Å²) in [6.07, 6.45) is 10.0. The maximum absolute atomic E-state index is 12.9. The predicted octanol–water partition coefficient (Wildman–Crippen LogP) is 2.40. The molecule has 1 aliphatic carbocycles. The number of benzene rings is 1. The first kappa shape index (κ1) is 23.2. The van der Waals surface area contributed by atoms with Gasteiger partial charge < -0.3 is 16.4 Å². The van der Waals surface area contributed by atoms with E-state index in [0.29, 0.717) is 17.2 Å². The Kier molecular flexibility index (Phi) is 6.19. The van der Waals surface area contributed by atoms with Crippen molar-refractivity contribution >= 4 is 17.6 Å². The molecule has 1 unspecified atom stereocenters. The zero-order valence-corrected chi connectivity index (χ0v) is 19.6. The van der Waals surface area contributed by atoms with Crippen molar-refractivity contribution < 1.29 is 9.59 Å². The molecule has 0 spiro atoms. The molecule has 0 bridgehead atoms. The molecule has 0 aliphatic heterocycles. The quantitative estimate of drug-likeness (QED) is 0.390. The molecule has 9 heteroatoms. The Hall–Kier alpha value is -4.01. The number of carbonyl (C=O) groups is 2. The lowest BCUT2D eigenvalue weighted by Gasteiger charge is -2.31. The van der Waals surface area contributed by atoms with Crippen LogP contribution in [0, 0.1) is 5.92 Å². The molecule has 1 aliphatic rings. The number of hydrogen-bond donors (Lipinski definition) is 2. The molecule has 4 rings (SSSR count). The van der Waals surface area contributed by atoms with Gasteiger partial charge in [-0.3, -0.25) is 14.3 Å². The SMILES string of the molecule is CN(C)C(=O)Cn1cc(C(=O)/C=C(\N)C(C)(c2ccc(-c3cnc(N)nc3)cc2)C2CC2)cn1. The molecule has 1 fully saturated rings. The molecule has 1 saturated carbocycles. The summed E-state index contributed by atoms with van der Waals surface area (Å²) in [5, 5.41) is 4.14. The summed E-state index contributed by atoms with van der Waals surface area (Å²) < 4.78 is 1.46. The molecule has 4 N–H and O–H groups in total. The monoisotopic (exact) mass is 459 g/mol. The van der Waals surface area contributed by atoms with Gasteiger partial charge in [-0.2, -0.15) is 5.10 Å². The highest BCUT2D eigenvalue weighted by Crippen LogP contribution is 2.50. The van der Waals surface area contributed by atoms with Crippen LogP contribution in [0.1, 0.15) is 35.7 Å². The molecule has 1 atom stereocenters. The Bertz CT molecular complexity index is 1220. The second kappa shape index (κ2) is 9.09. The number of likely N-dealkylation sites (N-methyl/N-ethyl adjacent to an activating group) is 1. The zero-order chi connectivity index (χ0) is 24.5. The van der Waals surface area contributed by atoms with Crippen molar-refractivity contribution in [2.45, 2.75) is 31.7 Å². The van der Waals surface area contributed by atoms with E-state index in [1.165, 1.54) is 21.9 Å². The molecular formula is C25H29N7O2. The number of aromatic nitrogens is 4. The van der Waals surface area contributed by atoms with Gasteiger partial charge in [0.2, 0.25) is 11.9 Å². The van der Waals surface area contributed by atoms with Gasteiger partial charge in [-0.25, -0.2) is 9.97 Å². The number of ketones is 1. The van der Waals surface area contributed by atoms with Gasteiger partial charge in [0.25, 0.3) is 0 Å². The van der Waals surface area contributed by atoms with Crippen molar-refractivity contribution in [3.63, 3.8) is 0 Å². The van der Waals surface area contributed by atoms with E-state index in [1.807, 2.05) is 24.3 Å². The van der Waals surface area contributed by atoms with Gasteiger partial charge in [0.15, 0.2) is 5.78 Å². The Morgan fingerprint density at radius 2 is 1.76 bits per heavy atom. The molecule has 3 aromatic rings. The normalized spacial score (nSPS) is 15.6. The molecule has 1 amide bonds. The third-order valence-electron chi connectivity index (χ3n) is 6.48. The maximum Gasteiger partial charge on any atom is 0.243 e. The van der Waals surface area contributed by atoms with E-state index in [9.17, 15) is 9.59 Å². The Balaban J connectivity index is 1.56. The number of amides is 1. The number of nitrogen functional groups attached to an aromatic ring is 1. The molecule has 9 nitrogen and oxygen atoms in total. The van der Waals surface area contributed by atoms with Gasteiger partial charge in [-0.1, -0.05) is 24.3 Å². The van der Waals surface area contributed by atoms with Crippen molar-refractivity contribution in [2.24, 2.45) is 11.7 Å². The maximum atomic E-state index is 12.9. The molecule has 2 heterocycles. The van der Waals surface area contributed by atoms with E-state index in [0.717, 1.165) is 29.5 Å². The van der Waals surface area contributed by atoms with E-state index in [1.54, 1.807) is 32.7 Å². The number of nitrogens with zero attached hydrogens (tertiary/aromatic N) is 5. The standard InChI is InChI=1S/C25H29N7O2/c1-25(20-8-9-20,19-6-4-16(5-7-19)17-11-28-24(27)29-12-17)22(26)10-21(33)18-13-30-32(14-18)15-23(34)31(2)3/h4-7,10-14,20H,8-9,15,26H2,1-3H3,(H2,27,28,29)/b22-10-. The number of hydrogen-bond acceptors (Lipinski definition) is 7.